The predicted molar refractivity (Wildman–Crippen MR) is 107 cm³/mol. The Balaban J connectivity index is 1.43. The molecule has 26 heavy (non-hydrogen) atoms. The molecule has 0 aliphatic heterocycles. The predicted octanol–water partition coefficient (Wildman–Crippen LogP) is 4.38. The molecule has 0 saturated heterocycles. The maximum atomic E-state index is 4.38. The molecule has 5 nitrogen and oxygen atoms in total. The van der Waals surface area contributed by atoms with E-state index in [9.17, 15) is 0 Å². The highest BCUT2D eigenvalue weighted by atomic mass is 15.2. The largest absolute Gasteiger partial charge is 0.370 e. The number of para-hydroxylation sites is 2. The number of nitrogens with one attached hydrogen (secondary N) is 2. The topological polar surface area (TPSA) is 56.8 Å². The van der Waals surface area contributed by atoms with E-state index in [2.05, 4.69) is 56.8 Å². The summed E-state index contributed by atoms with van der Waals surface area (Å²) < 4.78 is 0. The molecule has 2 N–H and O–H groups in total. The summed E-state index contributed by atoms with van der Waals surface area (Å²) in [7, 11) is 2.01. The smallest absolute Gasteiger partial charge is 0.138 e. The fraction of sp³-hybridized carbons (Fsp3) is 0.143. The number of nitrogens with zero attached hydrogens (tertiary/aromatic N) is 3. The second kappa shape index (κ2) is 7.27. The highest BCUT2D eigenvalue weighted by Crippen LogP contribution is 2.22. The number of aromatic amines is 1. The van der Waals surface area contributed by atoms with Crippen molar-refractivity contribution in [1.29, 1.82) is 0 Å². The number of fused-ring (bicyclic) bond motifs is 1. The summed E-state index contributed by atoms with van der Waals surface area (Å²) in [5.41, 5.74) is 3.58. The number of H-pyrrole nitrogens is 1. The molecule has 4 aromatic rings. The van der Waals surface area contributed by atoms with Crippen LogP contribution in [0.2, 0.25) is 0 Å². The van der Waals surface area contributed by atoms with Crippen LogP contribution in [0.15, 0.2) is 73.2 Å². The minimum Gasteiger partial charge on any atom is -0.370 e. The highest BCUT2D eigenvalue weighted by molar-refractivity contribution is 5.83. The fourth-order valence-corrected chi connectivity index (χ4v) is 3.07. The second-order valence-electron chi connectivity index (χ2n) is 6.19. The lowest BCUT2D eigenvalue weighted by molar-refractivity contribution is 1.000. The maximum Gasteiger partial charge on any atom is 0.138 e. The minimum atomic E-state index is 0.813. The van der Waals surface area contributed by atoms with Gasteiger partial charge in [-0.15, -0.1) is 0 Å². The summed E-state index contributed by atoms with van der Waals surface area (Å²) in [5, 5.41) is 4.68. The Hall–Kier alpha value is -3.34. The summed E-state index contributed by atoms with van der Waals surface area (Å²) in [6.07, 6.45) is 4.61. The minimum absolute atomic E-state index is 0.813. The molecule has 2 aromatic heterocycles. The van der Waals surface area contributed by atoms with Gasteiger partial charge >= 0.3 is 0 Å². The van der Waals surface area contributed by atoms with Crippen molar-refractivity contribution in [3.8, 4) is 0 Å². The SMILES string of the molecule is CN(c1ccccc1)c1cc(NCCc2c[nH]c3ccccc23)ncn1. The highest BCUT2D eigenvalue weighted by Gasteiger charge is 2.07. The first-order valence-electron chi connectivity index (χ1n) is 8.71. The van der Waals surface area contributed by atoms with E-state index in [1.807, 2.05) is 42.3 Å². The van der Waals surface area contributed by atoms with Gasteiger partial charge in [-0.2, -0.15) is 0 Å². The monoisotopic (exact) mass is 343 g/mol. The van der Waals surface area contributed by atoms with Crippen molar-refractivity contribution in [3.05, 3.63) is 78.8 Å². The van der Waals surface area contributed by atoms with Crippen LogP contribution in [-0.4, -0.2) is 28.5 Å². The third-order valence-electron chi connectivity index (χ3n) is 4.52. The van der Waals surface area contributed by atoms with E-state index in [4.69, 9.17) is 0 Å². The average Bonchev–Trinajstić information content (AvgIpc) is 3.12. The van der Waals surface area contributed by atoms with Crippen molar-refractivity contribution in [1.82, 2.24) is 15.0 Å². The second-order valence-corrected chi connectivity index (χ2v) is 6.19. The Kier molecular flexibility index (Phi) is 4.51. The molecule has 0 unspecified atom stereocenters. The lowest BCUT2D eigenvalue weighted by Gasteiger charge is -2.18. The Bertz CT molecular complexity index is 993. The van der Waals surface area contributed by atoms with Crippen LogP contribution in [0.1, 0.15) is 5.56 Å². The van der Waals surface area contributed by atoms with E-state index in [1.54, 1.807) is 6.33 Å². The van der Waals surface area contributed by atoms with Crippen molar-refractivity contribution in [2.45, 2.75) is 6.42 Å². The zero-order valence-corrected chi connectivity index (χ0v) is 14.7. The summed E-state index contributed by atoms with van der Waals surface area (Å²) in [4.78, 5) is 14.1. The van der Waals surface area contributed by atoms with Gasteiger partial charge in [0.25, 0.3) is 0 Å². The molecule has 0 spiro atoms. The number of rotatable bonds is 6. The number of anilines is 3. The maximum absolute atomic E-state index is 4.38. The number of hydrogen-bond acceptors (Lipinski definition) is 4. The van der Waals surface area contributed by atoms with Crippen LogP contribution in [0.3, 0.4) is 0 Å². The van der Waals surface area contributed by atoms with Crippen LogP contribution in [0, 0.1) is 0 Å². The summed E-state index contributed by atoms with van der Waals surface area (Å²) >= 11 is 0. The Morgan fingerprint density at radius 1 is 1.00 bits per heavy atom. The van der Waals surface area contributed by atoms with Crippen LogP contribution < -0.4 is 10.2 Å². The normalized spacial score (nSPS) is 10.8. The molecule has 5 heteroatoms. The van der Waals surface area contributed by atoms with Gasteiger partial charge in [-0.25, -0.2) is 9.97 Å². The van der Waals surface area contributed by atoms with E-state index in [0.717, 1.165) is 30.3 Å². The van der Waals surface area contributed by atoms with Crippen LogP contribution in [0.4, 0.5) is 17.3 Å². The van der Waals surface area contributed by atoms with E-state index in [-0.39, 0.29) is 0 Å². The Morgan fingerprint density at radius 2 is 1.81 bits per heavy atom. The third-order valence-corrected chi connectivity index (χ3v) is 4.52. The van der Waals surface area contributed by atoms with Crippen molar-refractivity contribution < 1.29 is 0 Å². The van der Waals surface area contributed by atoms with Crippen molar-refractivity contribution in [2.24, 2.45) is 0 Å². The van der Waals surface area contributed by atoms with Crippen LogP contribution in [0.25, 0.3) is 10.9 Å². The number of benzene rings is 2. The molecule has 2 aromatic carbocycles. The van der Waals surface area contributed by atoms with E-state index in [1.165, 1.54) is 16.5 Å². The Morgan fingerprint density at radius 3 is 2.69 bits per heavy atom. The average molecular weight is 343 g/mol. The van der Waals surface area contributed by atoms with Crippen molar-refractivity contribution >= 4 is 28.2 Å². The zero-order chi connectivity index (χ0) is 17.8. The molecule has 0 radical (unpaired) electrons. The summed E-state index contributed by atoms with van der Waals surface area (Å²) in [5.74, 6) is 1.69. The molecule has 0 aliphatic rings. The quantitative estimate of drug-likeness (QED) is 0.545. The number of hydrogen-bond donors (Lipinski definition) is 2. The van der Waals surface area contributed by atoms with Gasteiger partial charge in [0.05, 0.1) is 0 Å². The van der Waals surface area contributed by atoms with Gasteiger partial charge in [0.2, 0.25) is 0 Å². The van der Waals surface area contributed by atoms with E-state index < -0.39 is 0 Å². The molecule has 0 saturated carbocycles. The van der Waals surface area contributed by atoms with Crippen LogP contribution >= 0.6 is 0 Å². The molecule has 0 amide bonds. The van der Waals surface area contributed by atoms with Gasteiger partial charge in [0.1, 0.15) is 18.0 Å². The van der Waals surface area contributed by atoms with Gasteiger partial charge in [-0.1, -0.05) is 36.4 Å². The van der Waals surface area contributed by atoms with Gasteiger partial charge in [-0.3, -0.25) is 0 Å². The molecule has 0 atom stereocenters. The molecule has 0 fully saturated rings. The van der Waals surface area contributed by atoms with Gasteiger partial charge in [0, 0.05) is 42.4 Å². The molecule has 0 bridgehead atoms. The van der Waals surface area contributed by atoms with Crippen molar-refractivity contribution in [2.75, 3.05) is 23.8 Å². The standard InChI is InChI=1S/C21H21N5/c1-26(17-7-3-2-4-8-17)21-13-20(24-15-25-21)22-12-11-16-14-23-19-10-6-5-9-18(16)19/h2-10,13-15,23H,11-12H2,1H3,(H,22,24,25). The fourth-order valence-electron chi connectivity index (χ4n) is 3.07. The Labute approximate surface area is 152 Å². The molecule has 0 aliphatic carbocycles. The molecule has 4 rings (SSSR count). The summed E-state index contributed by atoms with van der Waals surface area (Å²) in [6, 6.07) is 20.5. The van der Waals surface area contributed by atoms with Crippen LogP contribution in [0.5, 0.6) is 0 Å². The van der Waals surface area contributed by atoms with Gasteiger partial charge in [0.15, 0.2) is 0 Å². The third kappa shape index (κ3) is 3.37. The molecule has 130 valence electrons. The molecular formula is C21H21N5. The summed E-state index contributed by atoms with van der Waals surface area (Å²) in [6.45, 7) is 0.813. The van der Waals surface area contributed by atoms with Gasteiger partial charge in [-0.05, 0) is 30.2 Å². The van der Waals surface area contributed by atoms with Crippen LogP contribution in [-0.2, 0) is 6.42 Å². The van der Waals surface area contributed by atoms with Crippen molar-refractivity contribution in [3.63, 3.8) is 0 Å². The lowest BCUT2D eigenvalue weighted by Crippen LogP contribution is -2.13. The first-order valence-corrected chi connectivity index (χ1v) is 8.71. The zero-order valence-electron chi connectivity index (χ0n) is 14.7. The van der Waals surface area contributed by atoms with E-state index in [0.29, 0.717) is 0 Å². The molecular weight excluding hydrogens is 322 g/mol. The number of aromatic nitrogens is 3. The molecule has 2 heterocycles. The first kappa shape index (κ1) is 16.1. The lowest BCUT2D eigenvalue weighted by atomic mass is 10.1. The van der Waals surface area contributed by atoms with E-state index >= 15 is 0 Å². The first-order chi connectivity index (χ1) is 12.8. The van der Waals surface area contributed by atoms with Gasteiger partial charge < -0.3 is 15.2 Å².